The number of rotatable bonds is 5. The molecular weight excluding hydrogens is 456 g/mol. The summed E-state index contributed by atoms with van der Waals surface area (Å²) >= 11 is 0. The normalized spacial score (nSPS) is 15.5. The first-order valence-corrected chi connectivity index (χ1v) is 11.9. The molecule has 1 saturated heterocycles. The average Bonchev–Trinajstić information content (AvgIpc) is 3.64. The molecule has 180 valence electrons. The van der Waals surface area contributed by atoms with E-state index in [4.69, 9.17) is 14.2 Å². The molecule has 0 aliphatic carbocycles. The van der Waals surface area contributed by atoms with Gasteiger partial charge >= 0.3 is 0 Å². The van der Waals surface area contributed by atoms with Crippen LogP contribution < -0.4 is 4.74 Å². The van der Waals surface area contributed by atoms with E-state index in [9.17, 15) is 4.79 Å². The number of hydrogen-bond donors (Lipinski definition) is 1. The molecule has 4 heterocycles. The van der Waals surface area contributed by atoms with Crippen LogP contribution >= 0.6 is 0 Å². The van der Waals surface area contributed by atoms with Crippen molar-refractivity contribution in [2.75, 3.05) is 6.54 Å². The van der Waals surface area contributed by atoms with Crippen LogP contribution in [0.1, 0.15) is 37.3 Å². The van der Waals surface area contributed by atoms with Gasteiger partial charge in [0.25, 0.3) is 0 Å². The quantitative estimate of drug-likeness (QED) is 0.356. The molecule has 1 N–H and O–H groups in total. The average molecular weight is 481 g/mol. The molecular formula is C27H24N6O3. The summed E-state index contributed by atoms with van der Waals surface area (Å²) in [4.78, 5) is 31.1. The minimum Gasteiger partial charge on any atom is -0.457 e. The van der Waals surface area contributed by atoms with E-state index in [1.807, 2.05) is 59.5 Å². The van der Waals surface area contributed by atoms with Crippen LogP contribution in [-0.2, 0) is 4.79 Å². The molecule has 2 aromatic carbocycles. The third-order valence-corrected chi connectivity index (χ3v) is 6.41. The van der Waals surface area contributed by atoms with Gasteiger partial charge in [0.2, 0.25) is 17.6 Å². The molecule has 9 nitrogen and oxygen atoms in total. The summed E-state index contributed by atoms with van der Waals surface area (Å²) in [6.07, 6.45) is 3.56. The summed E-state index contributed by atoms with van der Waals surface area (Å²) < 4.78 is 11.5. The lowest BCUT2D eigenvalue weighted by molar-refractivity contribution is -0.129. The summed E-state index contributed by atoms with van der Waals surface area (Å²) in [5.74, 6) is 3.11. The maximum atomic E-state index is 12.4. The van der Waals surface area contributed by atoms with Crippen LogP contribution in [0.4, 0.5) is 0 Å². The first-order chi connectivity index (χ1) is 17.5. The second-order valence-corrected chi connectivity index (χ2v) is 8.84. The van der Waals surface area contributed by atoms with Crippen LogP contribution in [-0.4, -0.2) is 42.4 Å². The van der Waals surface area contributed by atoms with Gasteiger partial charge in [-0.1, -0.05) is 11.2 Å². The molecule has 9 heteroatoms. The van der Waals surface area contributed by atoms with Crippen molar-refractivity contribution in [3.8, 4) is 34.4 Å². The number of aromatic amines is 1. The fraction of sp³-hybridized carbons (Fsp3) is 0.222. The number of carbonyl (C=O) groups excluding carboxylic acids is 1. The minimum absolute atomic E-state index is 0.0575. The molecule has 1 atom stereocenters. The van der Waals surface area contributed by atoms with Crippen LogP contribution in [0.15, 0.2) is 65.3 Å². The number of amides is 1. The predicted molar refractivity (Wildman–Crippen MR) is 133 cm³/mol. The van der Waals surface area contributed by atoms with Crippen LogP contribution in [0.5, 0.6) is 11.5 Å². The molecule has 0 radical (unpaired) electrons. The number of likely N-dealkylation sites (tertiary alicyclic amines) is 1. The number of fused-ring (bicyclic) bond motifs is 1. The number of nitrogens with one attached hydrogen (secondary N) is 1. The Kier molecular flexibility index (Phi) is 5.44. The SMILES string of the molecule is CC(=O)N1CCCC1c1cc2[nH]c(-c3ccccn3)nc2cc1Oc1ccc(-c2noc(C)n2)cc1. The standard InChI is InChI=1S/C27H24N6O3/c1-16-29-26(32-36-16)18-8-10-19(11-9-18)35-25-15-23-22(30-27(31-23)21-6-3-4-12-28-21)14-20(25)24-7-5-13-33(24)17(2)34/h3-4,6,8-12,14-15,24H,5,7,13H2,1-2H3,(H,30,31). The van der Waals surface area contributed by atoms with Crippen molar-refractivity contribution in [3.05, 3.63) is 72.2 Å². The molecule has 1 aliphatic rings. The fourth-order valence-corrected chi connectivity index (χ4v) is 4.71. The molecule has 1 fully saturated rings. The largest absolute Gasteiger partial charge is 0.457 e. The van der Waals surface area contributed by atoms with Gasteiger partial charge in [0.05, 0.1) is 17.1 Å². The van der Waals surface area contributed by atoms with Gasteiger partial charge in [0, 0.05) is 43.8 Å². The Balaban J connectivity index is 1.40. The lowest BCUT2D eigenvalue weighted by atomic mass is 10.0. The maximum absolute atomic E-state index is 12.4. The van der Waals surface area contributed by atoms with Crippen molar-refractivity contribution in [1.29, 1.82) is 0 Å². The van der Waals surface area contributed by atoms with Gasteiger partial charge in [-0.15, -0.1) is 0 Å². The van der Waals surface area contributed by atoms with Crippen molar-refractivity contribution in [3.63, 3.8) is 0 Å². The van der Waals surface area contributed by atoms with Crippen LogP contribution in [0, 0.1) is 6.92 Å². The van der Waals surface area contributed by atoms with E-state index in [-0.39, 0.29) is 11.9 Å². The van der Waals surface area contributed by atoms with Gasteiger partial charge in [-0.3, -0.25) is 9.78 Å². The van der Waals surface area contributed by atoms with Crippen molar-refractivity contribution < 1.29 is 14.1 Å². The van der Waals surface area contributed by atoms with E-state index >= 15 is 0 Å². The van der Waals surface area contributed by atoms with Crippen molar-refractivity contribution in [2.45, 2.75) is 32.7 Å². The molecule has 5 aromatic rings. The Bertz CT molecular complexity index is 1540. The summed E-state index contributed by atoms with van der Waals surface area (Å²) in [5.41, 5.74) is 4.18. The van der Waals surface area contributed by atoms with E-state index in [1.165, 1.54) is 0 Å². The van der Waals surface area contributed by atoms with E-state index in [0.29, 0.717) is 29.0 Å². The van der Waals surface area contributed by atoms with E-state index in [2.05, 4.69) is 20.1 Å². The Morgan fingerprint density at radius 2 is 2.00 bits per heavy atom. The van der Waals surface area contributed by atoms with Gasteiger partial charge in [-0.25, -0.2) is 4.98 Å². The highest BCUT2D eigenvalue weighted by atomic mass is 16.5. The fourth-order valence-electron chi connectivity index (χ4n) is 4.71. The highest BCUT2D eigenvalue weighted by Gasteiger charge is 2.31. The first-order valence-electron chi connectivity index (χ1n) is 11.9. The van der Waals surface area contributed by atoms with Gasteiger partial charge in [0.15, 0.2) is 5.82 Å². The second kappa shape index (κ2) is 8.92. The number of pyridine rings is 1. The highest BCUT2D eigenvalue weighted by Crippen LogP contribution is 2.41. The lowest BCUT2D eigenvalue weighted by Crippen LogP contribution is -2.28. The topological polar surface area (TPSA) is 110 Å². The molecule has 0 bridgehead atoms. The van der Waals surface area contributed by atoms with Gasteiger partial charge < -0.3 is 19.1 Å². The van der Waals surface area contributed by atoms with Gasteiger partial charge in [-0.2, -0.15) is 4.98 Å². The molecule has 1 aliphatic heterocycles. The zero-order chi connectivity index (χ0) is 24.6. The zero-order valence-corrected chi connectivity index (χ0v) is 19.9. The number of hydrogen-bond acceptors (Lipinski definition) is 7. The number of nitrogens with zero attached hydrogens (tertiary/aromatic N) is 5. The molecule has 1 amide bonds. The summed E-state index contributed by atoms with van der Waals surface area (Å²) in [5, 5.41) is 3.97. The number of benzene rings is 2. The smallest absolute Gasteiger partial charge is 0.223 e. The maximum Gasteiger partial charge on any atom is 0.223 e. The van der Waals surface area contributed by atoms with E-state index in [1.54, 1.807) is 20.0 Å². The molecule has 1 unspecified atom stereocenters. The van der Waals surface area contributed by atoms with Crippen LogP contribution in [0.2, 0.25) is 0 Å². The van der Waals surface area contributed by atoms with Crippen LogP contribution in [0.3, 0.4) is 0 Å². The molecule has 36 heavy (non-hydrogen) atoms. The zero-order valence-electron chi connectivity index (χ0n) is 19.9. The van der Waals surface area contributed by atoms with Crippen LogP contribution in [0.25, 0.3) is 33.9 Å². The second-order valence-electron chi connectivity index (χ2n) is 8.84. The Morgan fingerprint density at radius 1 is 1.14 bits per heavy atom. The number of H-pyrrole nitrogens is 1. The monoisotopic (exact) mass is 480 g/mol. The number of ether oxygens (including phenoxy) is 1. The first kappa shape index (κ1) is 22.0. The van der Waals surface area contributed by atoms with E-state index in [0.717, 1.165) is 47.2 Å². The van der Waals surface area contributed by atoms with Crippen molar-refractivity contribution in [1.82, 2.24) is 30.0 Å². The summed E-state index contributed by atoms with van der Waals surface area (Å²) in [6, 6.07) is 17.2. The molecule has 3 aromatic heterocycles. The molecule has 6 rings (SSSR count). The number of aryl methyl sites for hydroxylation is 1. The number of imidazole rings is 1. The molecule has 0 saturated carbocycles. The summed E-state index contributed by atoms with van der Waals surface area (Å²) in [6.45, 7) is 4.11. The predicted octanol–water partition coefficient (Wildman–Crippen LogP) is 5.46. The van der Waals surface area contributed by atoms with Crippen molar-refractivity contribution in [2.24, 2.45) is 0 Å². The third kappa shape index (κ3) is 4.08. The Hall–Kier alpha value is -4.53. The Labute approximate surface area is 207 Å². The molecule has 0 spiro atoms. The third-order valence-electron chi connectivity index (χ3n) is 6.41. The highest BCUT2D eigenvalue weighted by molar-refractivity contribution is 5.82. The van der Waals surface area contributed by atoms with Gasteiger partial charge in [-0.05, 0) is 55.3 Å². The Morgan fingerprint density at radius 3 is 2.72 bits per heavy atom. The van der Waals surface area contributed by atoms with E-state index < -0.39 is 0 Å². The number of aromatic nitrogens is 5. The minimum atomic E-state index is -0.0647. The van der Waals surface area contributed by atoms with Gasteiger partial charge in [0.1, 0.15) is 17.2 Å². The number of carbonyl (C=O) groups is 1. The van der Waals surface area contributed by atoms with Crippen molar-refractivity contribution >= 4 is 16.9 Å². The lowest BCUT2D eigenvalue weighted by Gasteiger charge is -2.25. The summed E-state index contributed by atoms with van der Waals surface area (Å²) in [7, 11) is 0.